The molecule has 6 nitrogen and oxygen atoms in total. The molecular formula is C26H29FN4O2. The standard InChI is InChI=1S/C26H29FN4O2/c1-30(2)26-28-17-22(19-6-4-7-20(27)16-19)25(29-26)23-8-5-15-31(23)24(32)14-11-18-9-12-21(33-3)13-10-18/h4,6-7,9-10,12-13,16-17,23H,5,8,11,14-15H2,1-3H3/t23-/m1/s1. The van der Waals surface area contributed by atoms with Crippen molar-refractivity contribution in [1.29, 1.82) is 0 Å². The van der Waals surface area contributed by atoms with E-state index in [0.29, 0.717) is 30.9 Å². The molecule has 1 aliphatic rings. The molecule has 0 spiro atoms. The van der Waals surface area contributed by atoms with E-state index in [2.05, 4.69) is 4.98 Å². The second-order valence-corrected chi connectivity index (χ2v) is 8.47. The van der Waals surface area contributed by atoms with Crippen molar-refractivity contribution in [1.82, 2.24) is 14.9 Å². The molecule has 0 radical (unpaired) electrons. The fraction of sp³-hybridized carbons (Fsp3) is 0.346. The summed E-state index contributed by atoms with van der Waals surface area (Å²) < 4.78 is 19.2. The highest BCUT2D eigenvalue weighted by Crippen LogP contribution is 2.37. The summed E-state index contributed by atoms with van der Waals surface area (Å²) >= 11 is 0. The number of ether oxygens (including phenoxy) is 1. The molecule has 1 saturated heterocycles. The Morgan fingerprint density at radius 2 is 2.00 bits per heavy atom. The van der Waals surface area contributed by atoms with Gasteiger partial charge in [0.05, 0.1) is 18.8 Å². The van der Waals surface area contributed by atoms with Crippen molar-refractivity contribution in [2.45, 2.75) is 31.7 Å². The molecule has 3 aromatic rings. The van der Waals surface area contributed by atoms with Crippen molar-refractivity contribution in [3.63, 3.8) is 0 Å². The van der Waals surface area contributed by atoms with Gasteiger partial charge in [-0.25, -0.2) is 14.4 Å². The average Bonchev–Trinajstić information content (AvgIpc) is 3.32. The SMILES string of the molecule is COc1ccc(CCC(=O)N2CCC[C@@H]2c2nc(N(C)C)ncc2-c2cccc(F)c2)cc1. The number of methoxy groups -OCH3 is 1. The minimum absolute atomic E-state index is 0.100. The molecule has 172 valence electrons. The number of likely N-dealkylation sites (tertiary alicyclic amines) is 1. The zero-order chi connectivity index (χ0) is 23.4. The molecule has 0 saturated carbocycles. The number of carbonyl (C=O) groups is 1. The van der Waals surface area contributed by atoms with Crippen LogP contribution >= 0.6 is 0 Å². The number of aryl methyl sites for hydroxylation is 1. The minimum Gasteiger partial charge on any atom is -0.497 e. The summed E-state index contributed by atoms with van der Waals surface area (Å²) in [6.07, 6.45) is 4.55. The van der Waals surface area contributed by atoms with Crippen LogP contribution in [0.1, 0.15) is 36.6 Å². The van der Waals surface area contributed by atoms with Crippen molar-refractivity contribution in [2.75, 3.05) is 32.6 Å². The predicted molar refractivity (Wildman–Crippen MR) is 127 cm³/mol. The highest BCUT2D eigenvalue weighted by atomic mass is 19.1. The summed E-state index contributed by atoms with van der Waals surface area (Å²) in [6, 6.07) is 14.1. The number of aromatic nitrogens is 2. The van der Waals surface area contributed by atoms with Gasteiger partial charge < -0.3 is 14.5 Å². The second kappa shape index (κ2) is 9.98. The molecule has 7 heteroatoms. The molecule has 1 aromatic heterocycles. The van der Waals surface area contributed by atoms with E-state index in [9.17, 15) is 9.18 Å². The molecular weight excluding hydrogens is 419 g/mol. The Morgan fingerprint density at radius 3 is 2.70 bits per heavy atom. The Bertz CT molecular complexity index is 1120. The van der Waals surface area contributed by atoms with Crippen LogP contribution in [-0.2, 0) is 11.2 Å². The van der Waals surface area contributed by atoms with E-state index in [4.69, 9.17) is 9.72 Å². The van der Waals surface area contributed by atoms with Gasteiger partial charge in [-0.2, -0.15) is 0 Å². The summed E-state index contributed by atoms with van der Waals surface area (Å²) in [5, 5.41) is 0. The van der Waals surface area contributed by atoms with Crippen LogP contribution in [0.15, 0.2) is 54.7 Å². The maximum Gasteiger partial charge on any atom is 0.225 e. The van der Waals surface area contributed by atoms with Crippen molar-refractivity contribution >= 4 is 11.9 Å². The van der Waals surface area contributed by atoms with Crippen LogP contribution in [0.5, 0.6) is 5.75 Å². The van der Waals surface area contributed by atoms with Crippen molar-refractivity contribution in [3.05, 3.63) is 71.8 Å². The van der Waals surface area contributed by atoms with Crippen LogP contribution in [-0.4, -0.2) is 48.5 Å². The van der Waals surface area contributed by atoms with Gasteiger partial charge >= 0.3 is 0 Å². The van der Waals surface area contributed by atoms with Gasteiger partial charge in [-0.1, -0.05) is 24.3 Å². The zero-order valence-electron chi connectivity index (χ0n) is 19.3. The molecule has 1 aliphatic heterocycles. The smallest absolute Gasteiger partial charge is 0.225 e. The van der Waals surface area contributed by atoms with Crippen molar-refractivity contribution in [3.8, 4) is 16.9 Å². The van der Waals surface area contributed by atoms with Gasteiger partial charge in [-0.05, 0) is 54.7 Å². The predicted octanol–water partition coefficient (Wildman–Crippen LogP) is 4.65. The van der Waals surface area contributed by atoms with Crippen LogP contribution in [0.25, 0.3) is 11.1 Å². The lowest BCUT2D eigenvalue weighted by atomic mass is 9.99. The Morgan fingerprint density at radius 1 is 1.21 bits per heavy atom. The topological polar surface area (TPSA) is 58.6 Å². The Hall–Kier alpha value is -3.48. The molecule has 1 fully saturated rings. The van der Waals surface area contributed by atoms with E-state index < -0.39 is 0 Å². The first-order valence-corrected chi connectivity index (χ1v) is 11.2. The molecule has 0 bridgehead atoms. The average molecular weight is 449 g/mol. The number of benzene rings is 2. The van der Waals surface area contributed by atoms with E-state index >= 15 is 0 Å². The molecule has 0 aliphatic carbocycles. The van der Waals surface area contributed by atoms with Crippen LogP contribution in [0.3, 0.4) is 0 Å². The van der Waals surface area contributed by atoms with E-state index in [-0.39, 0.29) is 17.8 Å². The van der Waals surface area contributed by atoms with Crippen LogP contribution in [0.2, 0.25) is 0 Å². The summed E-state index contributed by atoms with van der Waals surface area (Å²) in [7, 11) is 5.40. The quantitative estimate of drug-likeness (QED) is 0.526. The third kappa shape index (κ3) is 5.13. The normalized spacial score (nSPS) is 15.5. The van der Waals surface area contributed by atoms with Gasteiger partial charge in [0, 0.05) is 38.8 Å². The highest BCUT2D eigenvalue weighted by Gasteiger charge is 2.33. The molecule has 1 amide bonds. The lowest BCUT2D eigenvalue weighted by molar-refractivity contribution is -0.132. The molecule has 33 heavy (non-hydrogen) atoms. The summed E-state index contributed by atoms with van der Waals surface area (Å²) in [5.41, 5.74) is 3.35. The maximum absolute atomic E-state index is 14.0. The molecule has 0 unspecified atom stereocenters. The van der Waals surface area contributed by atoms with Gasteiger partial charge in [0.2, 0.25) is 11.9 Å². The minimum atomic E-state index is -0.311. The second-order valence-electron chi connectivity index (χ2n) is 8.47. The lowest BCUT2D eigenvalue weighted by Gasteiger charge is -2.27. The van der Waals surface area contributed by atoms with Crippen LogP contribution in [0.4, 0.5) is 10.3 Å². The van der Waals surface area contributed by atoms with Gasteiger partial charge in [-0.3, -0.25) is 4.79 Å². The van der Waals surface area contributed by atoms with Gasteiger partial charge in [0.15, 0.2) is 0 Å². The van der Waals surface area contributed by atoms with E-state index in [1.165, 1.54) is 12.1 Å². The Kier molecular flexibility index (Phi) is 6.87. The number of hydrogen-bond acceptors (Lipinski definition) is 5. The lowest BCUT2D eigenvalue weighted by Crippen LogP contribution is -2.31. The first kappa shape index (κ1) is 22.7. The fourth-order valence-electron chi connectivity index (χ4n) is 4.27. The summed E-state index contributed by atoms with van der Waals surface area (Å²) in [4.78, 5) is 26.3. The molecule has 2 aromatic carbocycles. The molecule has 0 N–H and O–H groups in total. The van der Waals surface area contributed by atoms with E-state index in [1.807, 2.05) is 54.2 Å². The largest absolute Gasteiger partial charge is 0.497 e. The first-order valence-electron chi connectivity index (χ1n) is 11.2. The number of hydrogen-bond donors (Lipinski definition) is 0. The fourth-order valence-corrected chi connectivity index (χ4v) is 4.27. The van der Waals surface area contributed by atoms with Crippen molar-refractivity contribution < 1.29 is 13.9 Å². The third-order valence-corrected chi connectivity index (χ3v) is 6.02. The number of carbonyl (C=O) groups excluding carboxylic acids is 1. The zero-order valence-corrected chi connectivity index (χ0v) is 19.3. The number of nitrogens with zero attached hydrogens (tertiary/aromatic N) is 4. The van der Waals surface area contributed by atoms with Crippen LogP contribution < -0.4 is 9.64 Å². The highest BCUT2D eigenvalue weighted by molar-refractivity contribution is 5.78. The molecule has 4 rings (SSSR count). The number of amides is 1. The third-order valence-electron chi connectivity index (χ3n) is 6.02. The van der Waals surface area contributed by atoms with E-state index in [1.54, 1.807) is 19.4 Å². The first-order chi connectivity index (χ1) is 16.0. The van der Waals surface area contributed by atoms with Gasteiger partial charge in [0.25, 0.3) is 0 Å². The number of anilines is 1. The Labute approximate surface area is 194 Å². The summed E-state index contributed by atoms with van der Waals surface area (Å²) in [6.45, 7) is 0.690. The summed E-state index contributed by atoms with van der Waals surface area (Å²) in [5.74, 6) is 1.16. The molecule has 1 atom stereocenters. The monoisotopic (exact) mass is 448 g/mol. The number of rotatable bonds is 7. The maximum atomic E-state index is 14.0. The van der Waals surface area contributed by atoms with E-state index in [0.717, 1.165) is 35.4 Å². The molecule has 2 heterocycles. The van der Waals surface area contributed by atoms with Gasteiger partial charge in [-0.15, -0.1) is 0 Å². The van der Waals surface area contributed by atoms with Crippen molar-refractivity contribution in [2.24, 2.45) is 0 Å². The Balaban J connectivity index is 1.59. The number of halogens is 1. The van der Waals surface area contributed by atoms with Crippen LogP contribution in [0, 0.1) is 5.82 Å². The van der Waals surface area contributed by atoms with Gasteiger partial charge in [0.1, 0.15) is 11.6 Å².